The van der Waals surface area contributed by atoms with Crippen LogP contribution in [0, 0.1) is 17.8 Å². The lowest BCUT2D eigenvalue weighted by atomic mass is 9.86. The van der Waals surface area contributed by atoms with Crippen LogP contribution in [-0.2, 0) is 6.18 Å². The van der Waals surface area contributed by atoms with E-state index in [0.717, 1.165) is 24.5 Å². The second-order valence-electron chi connectivity index (χ2n) is 6.38. The van der Waals surface area contributed by atoms with E-state index in [9.17, 15) is 18.0 Å². The van der Waals surface area contributed by atoms with Crippen LogP contribution in [0.4, 0.5) is 13.2 Å². The minimum atomic E-state index is -4.61. The Morgan fingerprint density at radius 2 is 2.14 bits per heavy atom. The van der Waals surface area contributed by atoms with Gasteiger partial charge in [-0.2, -0.15) is 13.2 Å². The molecule has 1 aromatic rings. The first-order valence-electron chi connectivity index (χ1n) is 7.75. The number of fused-ring (bicyclic) bond motifs is 2. The number of carbonyl (C=O) groups excluding carboxylic acids is 1. The Labute approximate surface area is 127 Å². The maximum atomic E-state index is 12.8. The number of pyridine rings is 1. The lowest BCUT2D eigenvalue weighted by Gasteiger charge is -2.21. The monoisotopic (exact) mass is 312 g/mol. The molecule has 6 heteroatoms. The normalized spacial score (nSPS) is 27.1. The predicted molar refractivity (Wildman–Crippen MR) is 75.1 cm³/mol. The summed E-state index contributed by atoms with van der Waals surface area (Å²) in [6.45, 7) is 0.429. The molecule has 0 saturated heterocycles. The predicted octanol–water partition coefficient (Wildman–Crippen LogP) is 3.66. The number of aromatic nitrogens is 1. The number of hydrogen-bond donors (Lipinski definition) is 1. The Balaban J connectivity index is 1.56. The summed E-state index contributed by atoms with van der Waals surface area (Å²) in [6, 6.07) is 2.52. The van der Waals surface area contributed by atoms with E-state index >= 15 is 0 Å². The van der Waals surface area contributed by atoms with Crippen LogP contribution in [-0.4, -0.2) is 17.4 Å². The Hall–Kier alpha value is -1.59. The van der Waals surface area contributed by atoms with Crippen LogP contribution in [0.3, 0.4) is 0 Å². The average Bonchev–Trinajstić information content (AvgIpc) is 3.09. The van der Waals surface area contributed by atoms with Gasteiger partial charge in [-0.1, -0.05) is 6.42 Å². The van der Waals surface area contributed by atoms with Crippen LogP contribution >= 0.6 is 0 Å². The molecule has 3 nitrogen and oxygen atoms in total. The Morgan fingerprint density at radius 3 is 2.77 bits per heavy atom. The van der Waals surface area contributed by atoms with Crippen LogP contribution in [0.1, 0.15) is 48.2 Å². The number of amides is 1. The molecule has 0 spiro atoms. The molecule has 1 aromatic heterocycles. The Morgan fingerprint density at radius 1 is 1.32 bits per heavy atom. The highest BCUT2D eigenvalue weighted by molar-refractivity contribution is 5.95. The van der Waals surface area contributed by atoms with Crippen LogP contribution in [0.25, 0.3) is 0 Å². The van der Waals surface area contributed by atoms with Gasteiger partial charge in [0.15, 0.2) is 5.69 Å². The van der Waals surface area contributed by atoms with Crippen molar-refractivity contribution in [2.45, 2.75) is 38.3 Å². The van der Waals surface area contributed by atoms with E-state index < -0.39 is 23.3 Å². The Kier molecular flexibility index (Phi) is 4.10. The fraction of sp³-hybridized carbons (Fsp3) is 0.625. The highest BCUT2D eigenvalue weighted by Crippen LogP contribution is 2.49. The third-order valence-electron chi connectivity index (χ3n) is 5.01. The SMILES string of the molecule is O=C(NCCC1CC2CCC1C2)c1cccnc1C(F)(F)F. The van der Waals surface area contributed by atoms with Crippen molar-refractivity contribution in [2.75, 3.05) is 6.54 Å². The van der Waals surface area contributed by atoms with E-state index in [1.54, 1.807) is 0 Å². The first-order valence-corrected chi connectivity index (χ1v) is 7.75. The number of hydrogen-bond acceptors (Lipinski definition) is 2. The van der Waals surface area contributed by atoms with Gasteiger partial charge in [-0.15, -0.1) is 0 Å². The molecule has 3 unspecified atom stereocenters. The minimum absolute atomic E-state index is 0.400. The summed E-state index contributed by atoms with van der Waals surface area (Å²) in [5, 5.41) is 2.62. The van der Waals surface area contributed by atoms with Gasteiger partial charge in [0.25, 0.3) is 5.91 Å². The minimum Gasteiger partial charge on any atom is -0.352 e. The zero-order valence-electron chi connectivity index (χ0n) is 12.2. The van der Waals surface area contributed by atoms with Gasteiger partial charge in [-0.3, -0.25) is 9.78 Å². The van der Waals surface area contributed by atoms with Gasteiger partial charge in [0.2, 0.25) is 0 Å². The number of halogens is 3. The third-order valence-corrected chi connectivity index (χ3v) is 5.01. The molecule has 2 bridgehead atoms. The molecule has 2 aliphatic carbocycles. The highest BCUT2D eigenvalue weighted by Gasteiger charge is 2.39. The first-order chi connectivity index (χ1) is 10.4. The van der Waals surface area contributed by atoms with E-state index in [2.05, 4.69) is 10.3 Å². The highest BCUT2D eigenvalue weighted by atomic mass is 19.4. The van der Waals surface area contributed by atoms with Crippen molar-refractivity contribution >= 4 is 5.91 Å². The third kappa shape index (κ3) is 3.10. The smallest absolute Gasteiger partial charge is 0.352 e. The van der Waals surface area contributed by atoms with Crippen molar-refractivity contribution in [3.05, 3.63) is 29.6 Å². The molecule has 3 rings (SSSR count). The van der Waals surface area contributed by atoms with Crippen LogP contribution in [0.2, 0.25) is 0 Å². The molecular weight excluding hydrogens is 293 g/mol. The largest absolute Gasteiger partial charge is 0.434 e. The van der Waals surface area contributed by atoms with E-state index in [1.807, 2.05) is 0 Å². The summed E-state index contributed by atoms with van der Waals surface area (Å²) in [5.41, 5.74) is -1.52. The quantitative estimate of drug-likeness (QED) is 0.922. The second kappa shape index (κ2) is 5.89. The van der Waals surface area contributed by atoms with Crippen molar-refractivity contribution in [3.63, 3.8) is 0 Å². The van der Waals surface area contributed by atoms with Gasteiger partial charge in [0.05, 0.1) is 5.56 Å². The summed E-state index contributed by atoms with van der Waals surface area (Å²) in [4.78, 5) is 15.3. The van der Waals surface area contributed by atoms with Gasteiger partial charge in [0.1, 0.15) is 0 Å². The summed E-state index contributed by atoms with van der Waals surface area (Å²) < 4.78 is 38.5. The molecular formula is C16H19F3N2O. The van der Waals surface area contributed by atoms with Gasteiger partial charge >= 0.3 is 6.18 Å². The van der Waals surface area contributed by atoms with Crippen molar-refractivity contribution < 1.29 is 18.0 Å². The van der Waals surface area contributed by atoms with Crippen molar-refractivity contribution in [2.24, 2.45) is 17.8 Å². The second-order valence-corrected chi connectivity index (χ2v) is 6.38. The standard InChI is InChI=1S/C16H19F3N2O/c17-16(18,19)14-13(2-1-6-20-14)15(22)21-7-5-12-9-10-3-4-11(12)8-10/h1-2,6,10-12H,3-5,7-9H2,(H,21,22). The Bertz CT molecular complexity index is 559. The fourth-order valence-corrected chi connectivity index (χ4v) is 4.01. The van der Waals surface area contributed by atoms with E-state index in [4.69, 9.17) is 0 Å². The van der Waals surface area contributed by atoms with Crippen molar-refractivity contribution in [1.29, 1.82) is 0 Å². The topological polar surface area (TPSA) is 42.0 Å². The van der Waals surface area contributed by atoms with E-state index in [-0.39, 0.29) is 0 Å². The van der Waals surface area contributed by atoms with Gasteiger partial charge in [-0.05, 0) is 55.6 Å². The van der Waals surface area contributed by atoms with Crippen molar-refractivity contribution in [3.8, 4) is 0 Å². The van der Waals surface area contributed by atoms with Gasteiger partial charge in [0, 0.05) is 12.7 Å². The maximum absolute atomic E-state index is 12.8. The zero-order chi connectivity index (χ0) is 15.7. The molecule has 0 aromatic carbocycles. The summed E-state index contributed by atoms with van der Waals surface area (Å²) in [6.07, 6.45) is 2.38. The molecule has 1 heterocycles. The summed E-state index contributed by atoms with van der Waals surface area (Å²) >= 11 is 0. The molecule has 1 N–H and O–H groups in total. The molecule has 3 atom stereocenters. The number of carbonyl (C=O) groups is 1. The van der Waals surface area contributed by atoms with Crippen LogP contribution < -0.4 is 5.32 Å². The maximum Gasteiger partial charge on any atom is 0.434 e. The molecule has 22 heavy (non-hydrogen) atoms. The molecule has 2 saturated carbocycles. The number of nitrogens with zero attached hydrogens (tertiary/aromatic N) is 1. The van der Waals surface area contributed by atoms with Crippen LogP contribution in [0.15, 0.2) is 18.3 Å². The van der Waals surface area contributed by atoms with E-state index in [0.29, 0.717) is 12.5 Å². The van der Waals surface area contributed by atoms with Crippen LogP contribution in [0.5, 0.6) is 0 Å². The molecule has 120 valence electrons. The lowest BCUT2D eigenvalue weighted by molar-refractivity contribution is -0.141. The van der Waals surface area contributed by atoms with Gasteiger partial charge < -0.3 is 5.32 Å². The molecule has 2 aliphatic rings. The van der Waals surface area contributed by atoms with Crippen molar-refractivity contribution in [1.82, 2.24) is 10.3 Å². The van der Waals surface area contributed by atoms with Gasteiger partial charge in [-0.25, -0.2) is 0 Å². The number of alkyl halides is 3. The average molecular weight is 312 g/mol. The zero-order valence-corrected chi connectivity index (χ0v) is 12.2. The fourth-order valence-electron chi connectivity index (χ4n) is 4.01. The number of rotatable bonds is 4. The lowest BCUT2D eigenvalue weighted by Crippen LogP contribution is -2.29. The summed E-state index contributed by atoms with van der Waals surface area (Å²) in [5.74, 6) is 1.52. The molecule has 1 amide bonds. The van der Waals surface area contributed by atoms with E-state index in [1.165, 1.54) is 37.8 Å². The summed E-state index contributed by atoms with van der Waals surface area (Å²) in [7, 11) is 0. The molecule has 0 aliphatic heterocycles. The number of nitrogens with one attached hydrogen (secondary N) is 1. The first kappa shape index (κ1) is 15.3. The molecule has 2 fully saturated rings. The molecule has 0 radical (unpaired) electrons.